The second-order valence-electron chi connectivity index (χ2n) is 14.6. The quantitative estimate of drug-likeness (QED) is 0.146. The van der Waals surface area contributed by atoms with E-state index in [1.807, 2.05) is 30.3 Å². The van der Waals surface area contributed by atoms with Crippen LogP contribution < -0.4 is 4.74 Å². The smallest absolute Gasteiger partial charge is 0.192 e. The normalized spacial score (nSPS) is 22.7. The Kier molecular flexibility index (Phi) is 13.7. The summed E-state index contributed by atoms with van der Waals surface area (Å²) in [5.74, 6) is 2.05. The molecule has 0 spiro atoms. The second kappa shape index (κ2) is 16.6. The average molecular weight is 625 g/mol. The molecule has 0 unspecified atom stereocenters. The third kappa shape index (κ3) is 10.3. The summed E-state index contributed by atoms with van der Waals surface area (Å²) in [4.78, 5) is 0. The molecule has 0 amide bonds. The Morgan fingerprint density at radius 1 is 1.02 bits per heavy atom. The van der Waals surface area contributed by atoms with Gasteiger partial charge in [-0.05, 0) is 60.5 Å². The Morgan fingerprint density at radius 3 is 2.27 bits per heavy atom. The number of rotatable bonds is 15. The lowest BCUT2D eigenvalue weighted by molar-refractivity contribution is -0.249. The molecule has 0 aliphatic carbocycles. The first kappa shape index (κ1) is 36.5. The van der Waals surface area contributed by atoms with E-state index < -0.39 is 8.32 Å². The predicted molar refractivity (Wildman–Crippen MR) is 184 cm³/mol. The van der Waals surface area contributed by atoms with Crippen molar-refractivity contribution < 1.29 is 23.4 Å². The molecule has 0 N–H and O–H groups in total. The number of hydrogen-bond acceptors (Lipinski definition) is 5. The van der Waals surface area contributed by atoms with Crippen LogP contribution in [0.1, 0.15) is 85.6 Å². The fourth-order valence-electron chi connectivity index (χ4n) is 5.90. The van der Waals surface area contributed by atoms with Gasteiger partial charge in [0.05, 0.1) is 39.1 Å². The summed E-state index contributed by atoms with van der Waals surface area (Å²) >= 11 is 0. The summed E-state index contributed by atoms with van der Waals surface area (Å²) in [6.45, 7) is 25.1. The van der Waals surface area contributed by atoms with Gasteiger partial charge in [-0.25, -0.2) is 0 Å². The lowest BCUT2D eigenvalue weighted by Crippen LogP contribution is -2.47. The van der Waals surface area contributed by atoms with Crippen LogP contribution in [-0.4, -0.2) is 40.8 Å². The minimum Gasteiger partial charge on any atom is -0.497 e. The van der Waals surface area contributed by atoms with E-state index in [0.717, 1.165) is 24.2 Å². The molecule has 0 bridgehead atoms. The number of allylic oxidation sites excluding steroid dienone is 1. The van der Waals surface area contributed by atoms with Crippen molar-refractivity contribution in [2.75, 3.05) is 20.3 Å². The number of ether oxygens (including phenoxy) is 4. The molecule has 1 saturated heterocycles. The van der Waals surface area contributed by atoms with Crippen molar-refractivity contribution in [3.63, 3.8) is 0 Å². The molecule has 1 aliphatic rings. The highest BCUT2D eigenvalue weighted by Gasteiger charge is 2.41. The van der Waals surface area contributed by atoms with Crippen molar-refractivity contribution >= 4 is 8.32 Å². The molecule has 0 aromatic heterocycles. The Balaban J connectivity index is 1.72. The lowest BCUT2D eigenvalue weighted by atomic mass is 9.85. The van der Waals surface area contributed by atoms with Gasteiger partial charge in [0.1, 0.15) is 5.75 Å². The van der Waals surface area contributed by atoms with Crippen LogP contribution >= 0.6 is 0 Å². The highest BCUT2D eigenvalue weighted by Crippen LogP contribution is 2.40. The van der Waals surface area contributed by atoms with Gasteiger partial charge in [0.15, 0.2) is 14.6 Å². The fourth-order valence-corrected chi connectivity index (χ4v) is 7.38. The zero-order chi connectivity index (χ0) is 32.5. The first-order chi connectivity index (χ1) is 20.8. The van der Waals surface area contributed by atoms with Crippen LogP contribution in [0.2, 0.25) is 18.1 Å². The van der Waals surface area contributed by atoms with Crippen molar-refractivity contribution in [3.05, 3.63) is 77.4 Å². The van der Waals surface area contributed by atoms with Gasteiger partial charge < -0.3 is 23.4 Å². The van der Waals surface area contributed by atoms with Crippen molar-refractivity contribution in [1.29, 1.82) is 0 Å². The third-order valence-corrected chi connectivity index (χ3v) is 14.1. The van der Waals surface area contributed by atoms with Crippen LogP contribution in [0.15, 0.2) is 66.2 Å². The van der Waals surface area contributed by atoms with E-state index in [1.54, 1.807) is 7.11 Å². The highest BCUT2D eigenvalue weighted by molar-refractivity contribution is 6.74. The van der Waals surface area contributed by atoms with Crippen molar-refractivity contribution in [2.24, 2.45) is 23.7 Å². The summed E-state index contributed by atoms with van der Waals surface area (Å²) < 4.78 is 31.5. The van der Waals surface area contributed by atoms with Gasteiger partial charge in [-0.3, -0.25) is 0 Å². The molecule has 3 rings (SSSR count). The predicted octanol–water partition coefficient (Wildman–Crippen LogP) is 9.99. The molecule has 44 heavy (non-hydrogen) atoms. The Labute approximate surface area is 269 Å². The molecule has 7 atom stereocenters. The van der Waals surface area contributed by atoms with Gasteiger partial charge in [0, 0.05) is 17.4 Å². The van der Waals surface area contributed by atoms with Crippen molar-refractivity contribution in [1.82, 2.24) is 0 Å². The molecule has 1 fully saturated rings. The maximum absolute atomic E-state index is 7.16. The standard InChI is InChI=1S/C38H60O5Si/c1-12-31(22-27(2)35-30(5)25-41-37(42-35)33-18-20-34(39-9)21-19-33)23-28(3)36(43-44(10,11)38(6,7)8)29(4)24-40-26-32-16-14-13-15-17-32/h13-21,23,27-30,35-37H,12,22,24-26H2,1-11H3/b31-23-/t27-,28+,29+,30+,35+,36-,37-/m1/s1. The van der Waals surface area contributed by atoms with E-state index in [-0.39, 0.29) is 35.4 Å². The summed E-state index contributed by atoms with van der Waals surface area (Å²) in [7, 11) is -0.314. The topological polar surface area (TPSA) is 46.2 Å². The van der Waals surface area contributed by atoms with Gasteiger partial charge in [0.25, 0.3) is 0 Å². The van der Waals surface area contributed by atoms with E-state index in [2.05, 4.69) is 98.8 Å². The maximum Gasteiger partial charge on any atom is 0.192 e. The molecule has 246 valence electrons. The van der Waals surface area contributed by atoms with Gasteiger partial charge in [-0.2, -0.15) is 0 Å². The van der Waals surface area contributed by atoms with Crippen LogP contribution in [0, 0.1) is 23.7 Å². The molecule has 2 aromatic carbocycles. The lowest BCUT2D eigenvalue weighted by Gasteiger charge is -2.42. The largest absolute Gasteiger partial charge is 0.497 e. The maximum atomic E-state index is 7.16. The Hall–Kier alpha value is -1.96. The number of methoxy groups -OCH3 is 1. The van der Waals surface area contributed by atoms with E-state index in [0.29, 0.717) is 31.7 Å². The molecule has 1 aliphatic heterocycles. The van der Waals surface area contributed by atoms with Crippen LogP contribution in [0.25, 0.3) is 0 Å². The summed E-state index contributed by atoms with van der Waals surface area (Å²) in [6.07, 6.45) is 4.35. The van der Waals surface area contributed by atoms with E-state index in [1.165, 1.54) is 11.1 Å². The molecule has 0 radical (unpaired) electrons. The zero-order valence-electron chi connectivity index (χ0n) is 29.4. The SMILES string of the molecule is CC/C(=C/[C@H](C)[C@@H](O[Si](C)(C)C(C)(C)C)[C@@H](C)COCc1ccccc1)C[C@@H](C)[C@@H]1O[C@H](c2ccc(OC)cc2)OC[C@@H]1C. The summed E-state index contributed by atoms with van der Waals surface area (Å²) in [5, 5.41) is 0.137. The Bertz CT molecular complexity index is 1140. The summed E-state index contributed by atoms with van der Waals surface area (Å²) in [6, 6.07) is 18.4. The third-order valence-electron chi connectivity index (χ3n) is 9.65. The fraction of sp³-hybridized carbons (Fsp3) is 0.632. The Morgan fingerprint density at radius 2 is 1.68 bits per heavy atom. The molecular weight excluding hydrogens is 564 g/mol. The molecule has 5 nitrogen and oxygen atoms in total. The first-order valence-corrected chi connectivity index (χ1v) is 19.6. The molecule has 6 heteroatoms. The zero-order valence-corrected chi connectivity index (χ0v) is 30.4. The van der Waals surface area contributed by atoms with Gasteiger partial charge in [-0.15, -0.1) is 0 Å². The van der Waals surface area contributed by atoms with Gasteiger partial charge >= 0.3 is 0 Å². The number of benzene rings is 2. The van der Waals surface area contributed by atoms with Crippen molar-refractivity contribution in [3.8, 4) is 5.75 Å². The van der Waals surface area contributed by atoms with Crippen LogP contribution in [0.3, 0.4) is 0 Å². The molecule has 2 aromatic rings. The molecular formula is C38H60O5Si. The van der Waals surface area contributed by atoms with Crippen LogP contribution in [0.5, 0.6) is 5.75 Å². The summed E-state index contributed by atoms with van der Waals surface area (Å²) in [5.41, 5.74) is 3.70. The molecule has 1 heterocycles. The average Bonchev–Trinajstić information content (AvgIpc) is 2.99. The van der Waals surface area contributed by atoms with Gasteiger partial charge in [0.2, 0.25) is 0 Å². The van der Waals surface area contributed by atoms with E-state index in [4.69, 9.17) is 23.4 Å². The van der Waals surface area contributed by atoms with Crippen LogP contribution in [0.4, 0.5) is 0 Å². The minimum absolute atomic E-state index is 0.0845. The first-order valence-electron chi connectivity index (χ1n) is 16.7. The van der Waals surface area contributed by atoms with E-state index >= 15 is 0 Å². The monoisotopic (exact) mass is 624 g/mol. The van der Waals surface area contributed by atoms with Gasteiger partial charge in [-0.1, -0.05) is 110 Å². The highest BCUT2D eigenvalue weighted by atomic mass is 28.4. The minimum atomic E-state index is -2.00. The van der Waals surface area contributed by atoms with Crippen LogP contribution in [-0.2, 0) is 25.2 Å². The number of hydrogen-bond donors (Lipinski definition) is 0. The van der Waals surface area contributed by atoms with E-state index in [9.17, 15) is 0 Å². The second-order valence-corrected chi connectivity index (χ2v) is 19.3. The van der Waals surface area contributed by atoms with Crippen molar-refractivity contribution in [2.45, 2.75) is 111 Å². The molecule has 0 saturated carbocycles.